The third-order valence-electron chi connectivity index (χ3n) is 3.51. The molecule has 92 valence electrons. The van der Waals surface area contributed by atoms with E-state index in [0.29, 0.717) is 5.57 Å². The second-order valence-corrected chi connectivity index (χ2v) is 4.80. The largest absolute Gasteiger partial charge is 0.384 e. The van der Waals surface area contributed by atoms with Crippen molar-refractivity contribution in [2.75, 3.05) is 0 Å². The molecule has 2 aliphatic carbocycles. The molecule has 0 bridgehead atoms. The maximum atomic E-state index is 9.98. The van der Waals surface area contributed by atoms with Crippen molar-refractivity contribution in [3.05, 3.63) is 47.6 Å². The molecule has 0 heterocycles. The molecular formula is C14H20N2O. The summed E-state index contributed by atoms with van der Waals surface area (Å²) in [4.78, 5) is 0. The summed E-state index contributed by atoms with van der Waals surface area (Å²) < 4.78 is 0. The first-order chi connectivity index (χ1) is 8.09. The molecule has 0 aromatic heterocycles. The van der Waals surface area contributed by atoms with E-state index in [1.54, 1.807) is 0 Å². The Kier molecular flexibility index (Phi) is 3.62. The normalized spacial score (nSPS) is 36.2. The molecule has 0 radical (unpaired) electrons. The average Bonchev–Trinajstić information content (AvgIpc) is 2.31. The molecule has 1 saturated carbocycles. The van der Waals surface area contributed by atoms with Crippen molar-refractivity contribution in [2.24, 2.45) is 11.5 Å². The molecule has 17 heavy (non-hydrogen) atoms. The zero-order chi connectivity index (χ0) is 12.4. The van der Waals surface area contributed by atoms with Crippen LogP contribution in [0, 0.1) is 0 Å². The van der Waals surface area contributed by atoms with Gasteiger partial charge in [-0.2, -0.15) is 0 Å². The molecule has 0 aliphatic heterocycles. The summed E-state index contributed by atoms with van der Waals surface area (Å²) >= 11 is 0. The highest BCUT2D eigenvalue weighted by atomic mass is 16.3. The minimum Gasteiger partial charge on any atom is -0.384 e. The topological polar surface area (TPSA) is 72.3 Å². The molecule has 2 rings (SSSR count). The first-order valence-electron chi connectivity index (χ1n) is 6.06. The van der Waals surface area contributed by atoms with Gasteiger partial charge in [0.05, 0.1) is 0 Å². The smallest absolute Gasteiger partial charge is 0.103 e. The molecule has 3 heteroatoms. The fourth-order valence-corrected chi connectivity index (χ4v) is 2.35. The molecule has 3 nitrogen and oxygen atoms in total. The standard InChI is InChI=1S/C14H20N2O/c1-9-4-2-6-11(14(9)17)8-10-5-3-7-12(15)13(10)16/h2,4,6,8,12-14,17H,1,3,5,7,15-16H2. The highest BCUT2D eigenvalue weighted by Gasteiger charge is 2.23. The van der Waals surface area contributed by atoms with Gasteiger partial charge in [0.1, 0.15) is 6.10 Å². The molecule has 1 fully saturated rings. The lowest BCUT2D eigenvalue weighted by Crippen LogP contribution is -2.45. The van der Waals surface area contributed by atoms with Crippen LogP contribution in [0.3, 0.4) is 0 Å². The second-order valence-electron chi connectivity index (χ2n) is 4.80. The van der Waals surface area contributed by atoms with Crippen molar-refractivity contribution < 1.29 is 5.11 Å². The Morgan fingerprint density at radius 3 is 2.94 bits per heavy atom. The Balaban J connectivity index is 2.21. The van der Waals surface area contributed by atoms with Gasteiger partial charge in [0, 0.05) is 12.1 Å². The number of rotatable bonds is 1. The summed E-state index contributed by atoms with van der Waals surface area (Å²) in [5.74, 6) is 0. The lowest BCUT2D eigenvalue weighted by Gasteiger charge is -2.29. The van der Waals surface area contributed by atoms with E-state index in [-0.39, 0.29) is 12.1 Å². The van der Waals surface area contributed by atoms with Crippen LogP contribution in [0.5, 0.6) is 0 Å². The van der Waals surface area contributed by atoms with Crippen molar-refractivity contribution in [3.63, 3.8) is 0 Å². The number of allylic oxidation sites excluding steroid dienone is 2. The molecule has 2 aliphatic rings. The lowest BCUT2D eigenvalue weighted by atomic mass is 9.84. The van der Waals surface area contributed by atoms with Crippen LogP contribution in [0.15, 0.2) is 47.6 Å². The van der Waals surface area contributed by atoms with Gasteiger partial charge in [0.2, 0.25) is 0 Å². The van der Waals surface area contributed by atoms with Gasteiger partial charge in [-0.3, -0.25) is 0 Å². The minimum atomic E-state index is -0.613. The van der Waals surface area contributed by atoms with Crippen molar-refractivity contribution in [2.45, 2.75) is 37.5 Å². The van der Waals surface area contributed by atoms with Gasteiger partial charge in [-0.15, -0.1) is 0 Å². The lowest BCUT2D eigenvalue weighted by molar-refractivity contribution is 0.253. The molecule has 0 spiro atoms. The zero-order valence-electron chi connectivity index (χ0n) is 9.97. The summed E-state index contributed by atoms with van der Waals surface area (Å²) in [6, 6.07) is -0.0499. The highest BCUT2D eigenvalue weighted by molar-refractivity contribution is 5.44. The SMILES string of the molecule is C=C1C=CC=C(C=C2CCCC(N)C2N)C1O. The average molecular weight is 232 g/mol. The molecule has 0 amide bonds. The van der Waals surface area contributed by atoms with Crippen LogP contribution >= 0.6 is 0 Å². The molecule has 3 unspecified atom stereocenters. The van der Waals surface area contributed by atoms with E-state index in [1.165, 1.54) is 0 Å². The quantitative estimate of drug-likeness (QED) is 0.635. The van der Waals surface area contributed by atoms with E-state index >= 15 is 0 Å². The molecule has 5 N–H and O–H groups in total. The van der Waals surface area contributed by atoms with Crippen molar-refractivity contribution in [3.8, 4) is 0 Å². The van der Waals surface area contributed by atoms with E-state index in [4.69, 9.17) is 11.5 Å². The van der Waals surface area contributed by atoms with Crippen LogP contribution in [0.1, 0.15) is 19.3 Å². The van der Waals surface area contributed by atoms with Gasteiger partial charge in [0.25, 0.3) is 0 Å². The predicted molar refractivity (Wildman–Crippen MR) is 70.3 cm³/mol. The van der Waals surface area contributed by atoms with Crippen molar-refractivity contribution in [1.29, 1.82) is 0 Å². The van der Waals surface area contributed by atoms with Gasteiger partial charge >= 0.3 is 0 Å². The van der Waals surface area contributed by atoms with E-state index in [2.05, 4.69) is 6.58 Å². The maximum Gasteiger partial charge on any atom is 0.103 e. The third-order valence-corrected chi connectivity index (χ3v) is 3.51. The maximum absolute atomic E-state index is 9.98. The Morgan fingerprint density at radius 1 is 1.41 bits per heavy atom. The monoisotopic (exact) mass is 232 g/mol. The van der Waals surface area contributed by atoms with E-state index in [1.807, 2.05) is 24.3 Å². The van der Waals surface area contributed by atoms with Gasteiger partial charge in [-0.1, -0.05) is 36.5 Å². The van der Waals surface area contributed by atoms with Gasteiger partial charge in [0.15, 0.2) is 0 Å². The molecular weight excluding hydrogens is 212 g/mol. The number of hydrogen-bond donors (Lipinski definition) is 3. The molecule has 0 aromatic rings. The number of hydrogen-bond acceptors (Lipinski definition) is 3. The van der Waals surface area contributed by atoms with Crippen LogP contribution in [0.2, 0.25) is 0 Å². The Bertz CT molecular complexity index is 406. The van der Waals surface area contributed by atoms with Crippen LogP contribution < -0.4 is 11.5 Å². The predicted octanol–water partition coefficient (Wildman–Crippen LogP) is 1.16. The Morgan fingerprint density at radius 2 is 2.18 bits per heavy atom. The van der Waals surface area contributed by atoms with E-state index < -0.39 is 6.10 Å². The molecule has 3 atom stereocenters. The Hall–Kier alpha value is -1.16. The second kappa shape index (κ2) is 5.00. The fraction of sp³-hybridized carbons (Fsp3) is 0.429. The summed E-state index contributed by atoms with van der Waals surface area (Å²) in [6.07, 6.45) is 10.0. The summed E-state index contributed by atoms with van der Waals surface area (Å²) in [5.41, 5.74) is 14.7. The van der Waals surface area contributed by atoms with Crippen LogP contribution in [0.4, 0.5) is 0 Å². The molecule has 0 aromatic carbocycles. The van der Waals surface area contributed by atoms with Gasteiger partial charge < -0.3 is 16.6 Å². The van der Waals surface area contributed by atoms with Gasteiger partial charge in [-0.25, -0.2) is 0 Å². The van der Waals surface area contributed by atoms with Crippen LogP contribution in [-0.4, -0.2) is 23.3 Å². The summed E-state index contributed by atoms with van der Waals surface area (Å²) in [6.45, 7) is 3.81. The van der Waals surface area contributed by atoms with E-state index in [0.717, 1.165) is 30.4 Å². The number of aliphatic hydroxyl groups is 1. The minimum absolute atomic E-state index is 0.0371. The van der Waals surface area contributed by atoms with Gasteiger partial charge in [-0.05, 0) is 30.4 Å². The third kappa shape index (κ3) is 2.57. The molecule has 0 saturated heterocycles. The van der Waals surface area contributed by atoms with E-state index in [9.17, 15) is 5.11 Å². The van der Waals surface area contributed by atoms with Crippen molar-refractivity contribution >= 4 is 0 Å². The number of nitrogens with two attached hydrogens (primary N) is 2. The van der Waals surface area contributed by atoms with Crippen LogP contribution in [-0.2, 0) is 0 Å². The van der Waals surface area contributed by atoms with Crippen LogP contribution in [0.25, 0.3) is 0 Å². The zero-order valence-corrected chi connectivity index (χ0v) is 9.97. The highest BCUT2D eigenvalue weighted by Crippen LogP contribution is 2.26. The summed E-state index contributed by atoms with van der Waals surface area (Å²) in [7, 11) is 0. The number of aliphatic hydroxyl groups excluding tert-OH is 1. The van der Waals surface area contributed by atoms with Crippen molar-refractivity contribution in [1.82, 2.24) is 0 Å². The first kappa shape index (κ1) is 12.3. The Labute approximate surface area is 102 Å². The fourth-order valence-electron chi connectivity index (χ4n) is 2.35. The first-order valence-corrected chi connectivity index (χ1v) is 6.06. The summed E-state index contributed by atoms with van der Waals surface area (Å²) in [5, 5.41) is 9.98.